The van der Waals surface area contributed by atoms with Gasteiger partial charge in [0.25, 0.3) is 0 Å². The van der Waals surface area contributed by atoms with Crippen LogP contribution in [-0.4, -0.2) is 5.97 Å². The van der Waals surface area contributed by atoms with Gasteiger partial charge in [0.05, 0.1) is 5.56 Å². The van der Waals surface area contributed by atoms with Crippen molar-refractivity contribution < 1.29 is 9.53 Å². The molecule has 0 saturated carbocycles. The first kappa shape index (κ1) is 14.9. The van der Waals surface area contributed by atoms with E-state index in [0.29, 0.717) is 17.4 Å². The Balaban J connectivity index is 1.63. The van der Waals surface area contributed by atoms with Crippen molar-refractivity contribution >= 4 is 5.97 Å². The number of carbonyl (C=O) groups is 1. The number of benzene rings is 2. The molecule has 0 saturated heterocycles. The number of rotatable bonds is 3. The summed E-state index contributed by atoms with van der Waals surface area (Å²) in [6.45, 7) is 2.01. The molecule has 2 aromatic carbocycles. The topological polar surface area (TPSA) is 26.3 Å². The van der Waals surface area contributed by atoms with E-state index in [9.17, 15) is 4.79 Å². The van der Waals surface area contributed by atoms with Gasteiger partial charge in [0, 0.05) is 5.92 Å². The van der Waals surface area contributed by atoms with Crippen molar-refractivity contribution in [2.45, 2.75) is 19.3 Å². The Morgan fingerprint density at radius 3 is 2.50 bits per heavy atom. The highest BCUT2D eigenvalue weighted by Crippen LogP contribution is 2.46. The van der Waals surface area contributed by atoms with Crippen molar-refractivity contribution in [3.63, 3.8) is 0 Å². The standard InChI is InChI=1S/C22H20O2/c1-15-7-10-18(11-8-15)22(23)24-20-14-16-9-12-19(13-16)21(20)17-5-3-2-4-6-17/h2-12,14,16,19,21H,13H2,1H3/t16-,19+,21+/m0/s1. The van der Waals surface area contributed by atoms with Crippen molar-refractivity contribution in [3.05, 3.63) is 95.3 Å². The van der Waals surface area contributed by atoms with E-state index < -0.39 is 0 Å². The number of esters is 1. The highest BCUT2D eigenvalue weighted by Gasteiger charge is 2.36. The van der Waals surface area contributed by atoms with E-state index in [4.69, 9.17) is 4.74 Å². The number of carbonyl (C=O) groups excluding carboxylic acids is 1. The van der Waals surface area contributed by atoms with Crippen LogP contribution in [-0.2, 0) is 4.74 Å². The third kappa shape index (κ3) is 2.80. The van der Waals surface area contributed by atoms with Gasteiger partial charge in [0.1, 0.15) is 5.76 Å². The van der Waals surface area contributed by atoms with Gasteiger partial charge >= 0.3 is 5.97 Å². The molecular formula is C22H20O2. The molecule has 0 N–H and O–H groups in total. The third-order valence-electron chi connectivity index (χ3n) is 4.92. The Kier molecular flexibility index (Phi) is 3.81. The lowest BCUT2D eigenvalue weighted by atomic mass is 9.79. The van der Waals surface area contributed by atoms with Crippen LogP contribution in [0.25, 0.3) is 0 Å². The summed E-state index contributed by atoms with van der Waals surface area (Å²) < 4.78 is 5.85. The molecule has 0 fully saturated rings. The predicted octanol–water partition coefficient (Wildman–Crippen LogP) is 5.03. The summed E-state index contributed by atoms with van der Waals surface area (Å²) in [5, 5.41) is 0. The first-order chi connectivity index (χ1) is 11.7. The average molecular weight is 316 g/mol. The van der Waals surface area contributed by atoms with Gasteiger partial charge in [-0.3, -0.25) is 0 Å². The van der Waals surface area contributed by atoms with Crippen LogP contribution >= 0.6 is 0 Å². The molecule has 2 aliphatic rings. The Morgan fingerprint density at radius 2 is 1.75 bits per heavy atom. The molecule has 2 bridgehead atoms. The highest BCUT2D eigenvalue weighted by atomic mass is 16.5. The predicted molar refractivity (Wildman–Crippen MR) is 94.6 cm³/mol. The van der Waals surface area contributed by atoms with Crippen LogP contribution in [0.1, 0.15) is 33.8 Å². The van der Waals surface area contributed by atoms with Gasteiger partial charge in [-0.25, -0.2) is 4.79 Å². The molecule has 0 heterocycles. The second-order valence-corrected chi connectivity index (χ2v) is 6.66. The van der Waals surface area contributed by atoms with E-state index in [1.807, 2.05) is 49.4 Å². The maximum absolute atomic E-state index is 12.6. The van der Waals surface area contributed by atoms with E-state index in [1.165, 1.54) is 5.56 Å². The van der Waals surface area contributed by atoms with E-state index in [0.717, 1.165) is 17.7 Å². The SMILES string of the molecule is Cc1ccc(C(=O)OC2=C[C@H]3C=C[C@H](C3)[C@H]2c2ccccc2)cc1. The molecule has 4 rings (SSSR count). The lowest BCUT2D eigenvalue weighted by Gasteiger charge is -2.29. The van der Waals surface area contributed by atoms with Crippen LogP contribution in [0.2, 0.25) is 0 Å². The molecular weight excluding hydrogens is 296 g/mol. The first-order valence-electron chi connectivity index (χ1n) is 8.44. The van der Waals surface area contributed by atoms with Crippen LogP contribution < -0.4 is 0 Å². The lowest BCUT2D eigenvalue weighted by molar-refractivity contribution is 0.0587. The van der Waals surface area contributed by atoms with Crippen LogP contribution in [0.4, 0.5) is 0 Å². The maximum atomic E-state index is 12.6. The van der Waals surface area contributed by atoms with Gasteiger partial charge in [-0.2, -0.15) is 0 Å². The number of hydrogen-bond donors (Lipinski definition) is 0. The van der Waals surface area contributed by atoms with Crippen LogP contribution in [0.5, 0.6) is 0 Å². The summed E-state index contributed by atoms with van der Waals surface area (Å²) in [6.07, 6.45) is 7.72. The number of aryl methyl sites for hydroxylation is 1. The monoisotopic (exact) mass is 316 g/mol. The Labute approximate surface area is 142 Å². The molecule has 0 spiro atoms. The second-order valence-electron chi connectivity index (χ2n) is 6.66. The third-order valence-corrected chi connectivity index (χ3v) is 4.92. The largest absolute Gasteiger partial charge is 0.427 e. The van der Waals surface area contributed by atoms with Gasteiger partial charge in [0.15, 0.2) is 0 Å². The molecule has 24 heavy (non-hydrogen) atoms. The van der Waals surface area contributed by atoms with E-state index >= 15 is 0 Å². The second kappa shape index (κ2) is 6.12. The molecule has 0 amide bonds. The molecule has 0 aromatic heterocycles. The van der Waals surface area contributed by atoms with Gasteiger partial charge in [-0.15, -0.1) is 0 Å². The zero-order valence-electron chi connectivity index (χ0n) is 13.7. The van der Waals surface area contributed by atoms with Gasteiger partial charge < -0.3 is 4.74 Å². The lowest BCUT2D eigenvalue weighted by Crippen LogP contribution is -2.21. The number of hydrogen-bond acceptors (Lipinski definition) is 2. The summed E-state index contributed by atoms with van der Waals surface area (Å²) in [7, 11) is 0. The average Bonchev–Trinajstić information content (AvgIpc) is 2.98. The molecule has 2 heteroatoms. The molecule has 2 aromatic rings. The van der Waals surface area contributed by atoms with Gasteiger partial charge in [0.2, 0.25) is 0 Å². The van der Waals surface area contributed by atoms with Crippen LogP contribution in [0.3, 0.4) is 0 Å². The van der Waals surface area contributed by atoms with Gasteiger partial charge in [-0.1, -0.05) is 60.2 Å². The fourth-order valence-electron chi connectivity index (χ4n) is 3.68. The highest BCUT2D eigenvalue weighted by molar-refractivity contribution is 5.90. The zero-order chi connectivity index (χ0) is 16.5. The summed E-state index contributed by atoms with van der Waals surface area (Å²) in [6, 6.07) is 17.9. The van der Waals surface area contributed by atoms with Crippen molar-refractivity contribution in [1.29, 1.82) is 0 Å². The minimum absolute atomic E-state index is 0.121. The summed E-state index contributed by atoms with van der Waals surface area (Å²) in [4.78, 5) is 12.6. The minimum Gasteiger partial charge on any atom is -0.427 e. The maximum Gasteiger partial charge on any atom is 0.343 e. The molecule has 0 radical (unpaired) electrons. The first-order valence-corrected chi connectivity index (χ1v) is 8.44. The van der Waals surface area contributed by atoms with Crippen molar-refractivity contribution in [1.82, 2.24) is 0 Å². The Bertz CT molecular complexity index is 800. The normalized spacial score (nSPS) is 24.5. The molecule has 3 atom stereocenters. The summed E-state index contributed by atoms with van der Waals surface area (Å²) in [5.74, 6) is 1.43. The van der Waals surface area contributed by atoms with Crippen molar-refractivity contribution in [2.75, 3.05) is 0 Å². The molecule has 2 aliphatic carbocycles. The quantitative estimate of drug-likeness (QED) is 0.586. The fraction of sp³-hybridized carbons (Fsp3) is 0.227. The summed E-state index contributed by atoms with van der Waals surface area (Å²) >= 11 is 0. The van der Waals surface area contributed by atoms with Crippen LogP contribution in [0, 0.1) is 18.8 Å². The van der Waals surface area contributed by atoms with E-state index in [2.05, 4.69) is 30.4 Å². The Hall–Kier alpha value is -2.61. The minimum atomic E-state index is -0.275. The van der Waals surface area contributed by atoms with Crippen molar-refractivity contribution in [3.8, 4) is 0 Å². The Morgan fingerprint density at radius 1 is 1.00 bits per heavy atom. The number of ether oxygens (including phenoxy) is 1. The number of fused-ring (bicyclic) bond motifs is 2. The molecule has 0 aliphatic heterocycles. The number of allylic oxidation sites excluding steroid dienone is 4. The van der Waals surface area contributed by atoms with Crippen LogP contribution in [0.15, 0.2) is 78.6 Å². The zero-order valence-corrected chi connectivity index (χ0v) is 13.7. The molecule has 0 unspecified atom stereocenters. The van der Waals surface area contributed by atoms with E-state index in [-0.39, 0.29) is 11.9 Å². The summed E-state index contributed by atoms with van der Waals surface area (Å²) in [5.41, 5.74) is 2.93. The van der Waals surface area contributed by atoms with Crippen molar-refractivity contribution in [2.24, 2.45) is 11.8 Å². The molecule has 2 nitrogen and oxygen atoms in total. The van der Waals surface area contributed by atoms with Gasteiger partial charge in [-0.05, 0) is 49.0 Å². The molecule has 120 valence electrons. The smallest absolute Gasteiger partial charge is 0.343 e. The van der Waals surface area contributed by atoms with E-state index in [1.54, 1.807) is 0 Å². The fourth-order valence-corrected chi connectivity index (χ4v) is 3.68.